The molecule has 9 atom stereocenters. The lowest BCUT2D eigenvalue weighted by molar-refractivity contribution is -0.221. The van der Waals surface area contributed by atoms with Crippen molar-refractivity contribution in [1.82, 2.24) is 10.2 Å². The van der Waals surface area contributed by atoms with Gasteiger partial charge in [0.2, 0.25) is 0 Å². The highest BCUT2D eigenvalue weighted by molar-refractivity contribution is 7.91. The van der Waals surface area contributed by atoms with Crippen molar-refractivity contribution in [3.63, 3.8) is 0 Å². The quantitative estimate of drug-likeness (QED) is 0.291. The van der Waals surface area contributed by atoms with Crippen molar-refractivity contribution in [3.05, 3.63) is 41.5 Å². The number of sulfone groups is 1. The molecule has 5 aliphatic carbocycles. The number of nitrogens with zero attached hydrogens (tertiary/aromatic N) is 1. The summed E-state index contributed by atoms with van der Waals surface area (Å²) in [6, 6.07) is 7.43. The van der Waals surface area contributed by atoms with E-state index in [-0.39, 0.29) is 50.5 Å². The second-order valence-corrected chi connectivity index (χ2v) is 20.5. The van der Waals surface area contributed by atoms with E-state index in [1.165, 1.54) is 5.57 Å². The maximum atomic E-state index is 12.9. The summed E-state index contributed by atoms with van der Waals surface area (Å²) < 4.78 is 23.9. The Bertz CT molecular complexity index is 1620. The predicted molar refractivity (Wildman–Crippen MR) is 192 cm³/mol. The third-order valence-corrected chi connectivity index (χ3v) is 17.7. The van der Waals surface area contributed by atoms with E-state index in [1.54, 1.807) is 12.1 Å². The average molecular weight is 695 g/mol. The van der Waals surface area contributed by atoms with Gasteiger partial charge in [0.15, 0.2) is 9.84 Å². The van der Waals surface area contributed by atoms with Gasteiger partial charge in [-0.1, -0.05) is 52.8 Å². The first-order valence-electron chi connectivity index (χ1n) is 18.9. The van der Waals surface area contributed by atoms with E-state index in [9.17, 15) is 28.2 Å². The Labute approximate surface area is 293 Å². The van der Waals surface area contributed by atoms with E-state index in [1.807, 2.05) is 12.1 Å². The van der Waals surface area contributed by atoms with E-state index in [4.69, 9.17) is 0 Å². The third-order valence-electron chi connectivity index (χ3n) is 16.1. The largest absolute Gasteiger partial charge is 0.481 e. The van der Waals surface area contributed by atoms with Crippen LogP contribution in [0.25, 0.3) is 5.57 Å². The number of hydrogen-bond donors (Lipinski definition) is 3. The molecule has 9 heteroatoms. The molecule has 1 aromatic rings. The Kier molecular flexibility index (Phi) is 8.55. The highest BCUT2D eigenvalue weighted by Crippen LogP contribution is 2.76. The number of fused-ring (bicyclic) bond motifs is 7. The number of rotatable bonds is 7. The molecule has 5 fully saturated rings. The van der Waals surface area contributed by atoms with Gasteiger partial charge >= 0.3 is 11.9 Å². The van der Waals surface area contributed by atoms with Crippen LogP contribution in [0, 0.1) is 51.2 Å². The molecule has 8 nitrogen and oxygen atoms in total. The van der Waals surface area contributed by atoms with E-state index >= 15 is 0 Å². The minimum Gasteiger partial charge on any atom is -0.481 e. The topological polar surface area (TPSA) is 124 Å². The Hall–Kier alpha value is -2.23. The molecule has 3 N–H and O–H groups in total. The molecule has 1 aromatic carbocycles. The van der Waals surface area contributed by atoms with Gasteiger partial charge in [-0.15, -0.1) is 0 Å². The molecule has 49 heavy (non-hydrogen) atoms. The zero-order valence-electron chi connectivity index (χ0n) is 30.3. The first-order chi connectivity index (χ1) is 23.0. The van der Waals surface area contributed by atoms with Crippen molar-refractivity contribution < 1.29 is 28.2 Å². The van der Waals surface area contributed by atoms with Gasteiger partial charge in [0.25, 0.3) is 0 Å². The summed E-state index contributed by atoms with van der Waals surface area (Å²) in [6.45, 7) is 15.2. The highest BCUT2D eigenvalue weighted by Gasteiger charge is 2.71. The summed E-state index contributed by atoms with van der Waals surface area (Å²) >= 11 is 0. The van der Waals surface area contributed by atoms with Crippen molar-refractivity contribution in [2.75, 3.05) is 37.7 Å². The second-order valence-electron chi connectivity index (χ2n) is 18.2. The summed E-state index contributed by atoms with van der Waals surface area (Å²) in [5.74, 6) is 0.127. The van der Waals surface area contributed by atoms with Crippen molar-refractivity contribution in [3.8, 4) is 0 Å². The number of allylic oxidation sites excluding steroid dienone is 2. The number of nitrogens with one attached hydrogen (secondary N) is 1. The van der Waals surface area contributed by atoms with Crippen LogP contribution in [0.15, 0.2) is 30.3 Å². The molecule has 0 bridgehead atoms. The lowest BCUT2D eigenvalue weighted by Crippen LogP contribution is -2.68. The van der Waals surface area contributed by atoms with E-state index in [2.05, 4.69) is 50.9 Å². The third kappa shape index (κ3) is 5.37. The van der Waals surface area contributed by atoms with E-state index in [0.29, 0.717) is 36.4 Å². The van der Waals surface area contributed by atoms with E-state index < -0.39 is 21.8 Å². The highest BCUT2D eigenvalue weighted by atomic mass is 32.2. The SMILES string of the molecule is CC1(C)C(c2ccc(C(=O)O)cc2)=CC[C@]2(C)[C@H]3CC[C@@H]4[C@H]5[C@H](C(=O)O)CC[C@]5(NCCN5CCS(=O)(=O)CC5)CC[C@@]4(C)[C@]3(C)CC[C@@H]12. The maximum Gasteiger partial charge on any atom is 0.335 e. The molecule has 7 rings (SSSR count). The van der Waals surface area contributed by atoms with Crippen molar-refractivity contribution in [2.24, 2.45) is 51.2 Å². The summed E-state index contributed by atoms with van der Waals surface area (Å²) in [6.07, 6.45) is 11.8. The smallest absolute Gasteiger partial charge is 0.335 e. The summed E-state index contributed by atoms with van der Waals surface area (Å²) in [4.78, 5) is 26.7. The molecule has 1 heterocycles. The normalized spacial score (nSPS) is 42.6. The fourth-order valence-electron chi connectivity index (χ4n) is 13.5. The molecule has 270 valence electrons. The Morgan fingerprint density at radius 1 is 0.857 bits per heavy atom. The van der Waals surface area contributed by atoms with Gasteiger partial charge < -0.3 is 20.4 Å². The number of aliphatic carboxylic acids is 1. The van der Waals surface area contributed by atoms with Crippen LogP contribution in [0.4, 0.5) is 0 Å². The van der Waals surface area contributed by atoms with Gasteiger partial charge in [0.05, 0.1) is 23.0 Å². The van der Waals surface area contributed by atoms with Gasteiger partial charge in [-0.2, -0.15) is 0 Å². The van der Waals surface area contributed by atoms with Crippen LogP contribution in [0.3, 0.4) is 0 Å². The Balaban J connectivity index is 1.15. The zero-order valence-corrected chi connectivity index (χ0v) is 31.1. The van der Waals surface area contributed by atoms with Crippen LogP contribution in [-0.4, -0.2) is 78.7 Å². The number of carbonyl (C=O) groups is 2. The van der Waals surface area contributed by atoms with E-state index in [0.717, 1.165) is 76.4 Å². The first kappa shape index (κ1) is 35.2. The van der Waals surface area contributed by atoms with Crippen LogP contribution >= 0.6 is 0 Å². The molecule has 6 aliphatic rings. The van der Waals surface area contributed by atoms with Gasteiger partial charge in [0, 0.05) is 31.7 Å². The minimum absolute atomic E-state index is 0.0547. The molecule has 1 aliphatic heterocycles. The number of carboxylic acids is 2. The van der Waals surface area contributed by atoms with Gasteiger partial charge in [-0.05, 0) is 126 Å². The van der Waals surface area contributed by atoms with Crippen LogP contribution in [0.1, 0.15) is 108 Å². The molecular formula is C40H58N2O6S. The summed E-state index contributed by atoms with van der Waals surface area (Å²) in [5.41, 5.74) is 2.86. The van der Waals surface area contributed by atoms with Gasteiger partial charge in [0.1, 0.15) is 0 Å². The molecule has 0 radical (unpaired) electrons. The average Bonchev–Trinajstić information content (AvgIpc) is 3.42. The number of hydrogen-bond acceptors (Lipinski definition) is 6. The molecule has 0 aromatic heterocycles. The standard InChI is InChI=1S/C40H58N2O6S/c1-36(2)29(26-6-8-27(9-7-26)34(43)44)13-15-37(3)31(36)14-16-39(5)32(37)11-10-30-33-28(35(45)46)12-17-40(33,19-18-38(30,39)4)41-20-21-42-22-24-49(47,48)25-23-42/h6-9,13,28,30-33,41H,10-12,14-25H2,1-5H3,(H,43,44)(H,45,46)/t28-,30-,31+,32-,33-,37+,38-,39-,40+/m1/s1. The van der Waals surface area contributed by atoms with Crippen LogP contribution in [0.5, 0.6) is 0 Å². The molecular weight excluding hydrogens is 637 g/mol. The zero-order chi connectivity index (χ0) is 35.2. The minimum atomic E-state index is -2.92. The molecule has 1 saturated heterocycles. The van der Waals surface area contributed by atoms with Crippen LogP contribution in [-0.2, 0) is 14.6 Å². The fraction of sp³-hybridized carbons (Fsp3) is 0.750. The molecule has 0 spiro atoms. The molecule has 0 unspecified atom stereocenters. The Morgan fingerprint density at radius 2 is 1.55 bits per heavy atom. The molecule has 4 saturated carbocycles. The van der Waals surface area contributed by atoms with Crippen LogP contribution in [0.2, 0.25) is 0 Å². The van der Waals surface area contributed by atoms with Gasteiger partial charge in [-0.3, -0.25) is 4.79 Å². The predicted octanol–water partition coefficient (Wildman–Crippen LogP) is 6.62. The van der Waals surface area contributed by atoms with Crippen molar-refractivity contribution in [2.45, 2.75) is 97.9 Å². The van der Waals surface area contributed by atoms with Crippen molar-refractivity contribution >= 4 is 27.3 Å². The maximum absolute atomic E-state index is 12.9. The Morgan fingerprint density at radius 3 is 2.20 bits per heavy atom. The first-order valence-corrected chi connectivity index (χ1v) is 20.7. The number of aromatic carboxylic acids is 1. The lowest BCUT2D eigenvalue weighted by atomic mass is 9.33. The van der Waals surface area contributed by atoms with Crippen LogP contribution < -0.4 is 5.32 Å². The summed E-state index contributed by atoms with van der Waals surface area (Å²) in [7, 11) is -2.92. The van der Waals surface area contributed by atoms with Crippen molar-refractivity contribution in [1.29, 1.82) is 0 Å². The fourth-order valence-corrected chi connectivity index (χ4v) is 14.8. The monoisotopic (exact) mass is 694 g/mol. The molecule has 0 amide bonds. The summed E-state index contributed by atoms with van der Waals surface area (Å²) in [5, 5.41) is 24.0. The number of benzene rings is 1. The second kappa shape index (κ2) is 11.9. The van der Waals surface area contributed by atoms with Gasteiger partial charge in [-0.25, -0.2) is 13.2 Å². The lowest BCUT2D eigenvalue weighted by Gasteiger charge is -2.72. The number of carboxylic acid groups (broad SMARTS) is 2.